The third-order valence-corrected chi connectivity index (χ3v) is 4.99. The lowest BCUT2D eigenvalue weighted by molar-refractivity contribution is 0.284. The van der Waals surface area contributed by atoms with Crippen molar-refractivity contribution < 1.29 is 9.47 Å². The summed E-state index contributed by atoms with van der Waals surface area (Å²) in [5.41, 5.74) is 4.53. The molecule has 0 aliphatic rings. The molecule has 0 heterocycles. The zero-order chi connectivity index (χ0) is 19.9. The van der Waals surface area contributed by atoms with Crippen LogP contribution >= 0.6 is 23.2 Å². The van der Waals surface area contributed by atoms with Crippen LogP contribution in [0.5, 0.6) is 11.5 Å². The Bertz CT molecular complexity index is 926. The van der Waals surface area contributed by atoms with Gasteiger partial charge in [0.25, 0.3) is 0 Å². The number of methoxy groups -OCH3 is 1. The van der Waals surface area contributed by atoms with E-state index in [9.17, 15) is 0 Å². The molecule has 3 nitrogen and oxygen atoms in total. The van der Waals surface area contributed by atoms with E-state index in [0.29, 0.717) is 28.2 Å². The lowest BCUT2D eigenvalue weighted by Gasteiger charge is -2.13. The van der Waals surface area contributed by atoms with E-state index in [4.69, 9.17) is 32.7 Å². The smallest absolute Gasteiger partial charge is 0.161 e. The zero-order valence-corrected chi connectivity index (χ0v) is 17.5. The second-order valence-electron chi connectivity index (χ2n) is 6.60. The number of hydrogen-bond donors (Lipinski definition) is 1. The Morgan fingerprint density at radius 1 is 0.821 bits per heavy atom. The van der Waals surface area contributed by atoms with Crippen LogP contribution in [0.4, 0.5) is 0 Å². The molecular weight excluding hydrogens is 393 g/mol. The Balaban J connectivity index is 1.59. The molecule has 0 spiro atoms. The molecule has 28 heavy (non-hydrogen) atoms. The number of benzene rings is 3. The van der Waals surface area contributed by atoms with Gasteiger partial charge in [-0.05, 0) is 42.3 Å². The number of ether oxygens (including phenoxy) is 2. The van der Waals surface area contributed by atoms with Crippen molar-refractivity contribution in [1.29, 1.82) is 0 Å². The van der Waals surface area contributed by atoms with Crippen molar-refractivity contribution in [1.82, 2.24) is 5.32 Å². The van der Waals surface area contributed by atoms with Crippen LogP contribution in [0, 0.1) is 6.92 Å². The standard InChI is InChI=1S/C23H23Cl2NO2/c1-16-3-5-17(6-4-16)13-26-14-18-7-10-22(23(11-18)27-2)28-15-19-8-9-20(24)12-21(19)25/h3-12,26H,13-15H2,1-2H3. The molecule has 0 amide bonds. The van der Waals surface area contributed by atoms with Gasteiger partial charge in [0.2, 0.25) is 0 Å². The van der Waals surface area contributed by atoms with E-state index >= 15 is 0 Å². The minimum Gasteiger partial charge on any atom is -0.493 e. The first-order valence-corrected chi connectivity index (χ1v) is 9.80. The van der Waals surface area contributed by atoms with Crippen LogP contribution in [0.25, 0.3) is 0 Å². The van der Waals surface area contributed by atoms with Crippen molar-refractivity contribution in [3.63, 3.8) is 0 Å². The van der Waals surface area contributed by atoms with Gasteiger partial charge in [-0.15, -0.1) is 0 Å². The summed E-state index contributed by atoms with van der Waals surface area (Å²) in [6.45, 7) is 3.99. The maximum atomic E-state index is 6.21. The quantitative estimate of drug-likeness (QED) is 0.476. The molecule has 3 aromatic rings. The van der Waals surface area contributed by atoms with E-state index in [1.54, 1.807) is 19.2 Å². The lowest BCUT2D eigenvalue weighted by atomic mass is 10.1. The average Bonchev–Trinajstić information content (AvgIpc) is 2.69. The molecule has 5 heteroatoms. The molecule has 1 N–H and O–H groups in total. The van der Waals surface area contributed by atoms with Crippen LogP contribution in [0.15, 0.2) is 60.7 Å². The fourth-order valence-corrected chi connectivity index (χ4v) is 3.26. The molecule has 0 saturated carbocycles. The van der Waals surface area contributed by atoms with Gasteiger partial charge >= 0.3 is 0 Å². The van der Waals surface area contributed by atoms with Crippen molar-refractivity contribution in [3.8, 4) is 11.5 Å². The third-order valence-electron chi connectivity index (χ3n) is 4.41. The minimum absolute atomic E-state index is 0.345. The molecule has 3 aromatic carbocycles. The first kappa shape index (κ1) is 20.5. The van der Waals surface area contributed by atoms with Crippen molar-refractivity contribution in [2.75, 3.05) is 7.11 Å². The molecule has 0 aliphatic heterocycles. The van der Waals surface area contributed by atoms with Gasteiger partial charge in [-0.2, -0.15) is 0 Å². The van der Waals surface area contributed by atoms with Gasteiger partial charge in [-0.25, -0.2) is 0 Å². The Morgan fingerprint density at radius 2 is 1.54 bits per heavy atom. The van der Waals surface area contributed by atoms with Gasteiger partial charge in [0.15, 0.2) is 11.5 Å². The van der Waals surface area contributed by atoms with Crippen molar-refractivity contribution in [3.05, 3.63) is 93.0 Å². The van der Waals surface area contributed by atoms with E-state index in [1.807, 2.05) is 24.3 Å². The summed E-state index contributed by atoms with van der Waals surface area (Å²) in [5.74, 6) is 1.37. The van der Waals surface area contributed by atoms with Crippen LogP contribution in [0.2, 0.25) is 10.0 Å². The predicted molar refractivity (Wildman–Crippen MR) is 116 cm³/mol. The molecule has 0 aromatic heterocycles. The van der Waals surface area contributed by atoms with Crippen molar-refractivity contribution in [2.45, 2.75) is 26.6 Å². The normalized spacial score (nSPS) is 10.7. The number of aryl methyl sites for hydroxylation is 1. The highest BCUT2D eigenvalue weighted by atomic mass is 35.5. The SMILES string of the molecule is COc1cc(CNCc2ccc(C)cc2)ccc1OCc1ccc(Cl)cc1Cl. The fourth-order valence-electron chi connectivity index (χ4n) is 2.79. The number of hydrogen-bond acceptors (Lipinski definition) is 3. The van der Waals surface area contributed by atoms with Gasteiger partial charge in [0, 0.05) is 28.7 Å². The monoisotopic (exact) mass is 415 g/mol. The first-order valence-electron chi connectivity index (χ1n) is 9.05. The minimum atomic E-state index is 0.345. The first-order chi connectivity index (χ1) is 13.5. The summed E-state index contributed by atoms with van der Waals surface area (Å²) in [5, 5.41) is 4.64. The summed E-state index contributed by atoms with van der Waals surface area (Å²) in [6.07, 6.45) is 0. The van der Waals surface area contributed by atoms with Crippen LogP contribution in [0.3, 0.4) is 0 Å². The highest BCUT2D eigenvalue weighted by Gasteiger charge is 2.08. The van der Waals surface area contributed by atoms with Crippen LogP contribution in [-0.2, 0) is 19.7 Å². The summed E-state index contributed by atoms with van der Waals surface area (Å²) in [4.78, 5) is 0. The van der Waals surface area contributed by atoms with Gasteiger partial charge in [-0.1, -0.05) is 65.2 Å². The molecule has 146 valence electrons. The zero-order valence-electron chi connectivity index (χ0n) is 16.0. The second-order valence-corrected chi connectivity index (χ2v) is 7.44. The van der Waals surface area contributed by atoms with Gasteiger partial charge in [0.05, 0.1) is 7.11 Å². The molecule has 0 unspecified atom stereocenters. The highest BCUT2D eigenvalue weighted by molar-refractivity contribution is 6.35. The largest absolute Gasteiger partial charge is 0.493 e. The van der Waals surface area contributed by atoms with Crippen LogP contribution in [0.1, 0.15) is 22.3 Å². The second kappa shape index (κ2) is 9.83. The predicted octanol–water partition coefficient (Wildman–Crippen LogP) is 6.18. The topological polar surface area (TPSA) is 30.5 Å². The van der Waals surface area contributed by atoms with E-state index < -0.39 is 0 Å². The Kier molecular flexibility index (Phi) is 7.21. The molecular formula is C23H23Cl2NO2. The third kappa shape index (κ3) is 5.65. The van der Waals surface area contributed by atoms with Crippen molar-refractivity contribution in [2.24, 2.45) is 0 Å². The Morgan fingerprint density at radius 3 is 2.25 bits per heavy atom. The van der Waals surface area contributed by atoms with Gasteiger partial charge in [0.1, 0.15) is 6.61 Å². The van der Waals surface area contributed by atoms with Crippen LogP contribution in [-0.4, -0.2) is 7.11 Å². The van der Waals surface area contributed by atoms with E-state index in [-0.39, 0.29) is 0 Å². The summed E-state index contributed by atoms with van der Waals surface area (Å²) in [7, 11) is 1.64. The lowest BCUT2D eigenvalue weighted by Crippen LogP contribution is -2.12. The Hall–Kier alpha value is -2.20. The van der Waals surface area contributed by atoms with E-state index in [2.05, 4.69) is 36.5 Å². The molecule has 0 radical (unpaired) electrons. The number of nitrogens with one attached hydrogen (secondary N) is 1. The highest BCUT2D eigenvalue weighted by Crippen LogP contribution is 2.30. The summed E-state index contributed by atoms with van der Waals surface area (Å²) in [6, 6.07) is 19.8. The Labute approximate surface area is 176 Å². The van der Waals surface area contributed by atoms with Crippen molar-refractivity contribution >= 4 is 23.2 Å². The molecule has 0 saturated heterocycles. The van der Waals surface area contributed by atoms with Crippen LogP contribution < -0.4 is 14.8 Å². The molecule has 0 aliphatic carbocycles. The van der Waals surface area contributed by atoms with E-state index in [0.717, 1.165) is 24.2 Å². The number of rotatable bonds is 8. The number of halogens is 2. The summed E-state index contributed by atoms with van der Waals surface area (Å²) < 4.78 is 11.4. The fraction of sp³-hybridized carbons (Fsp3) is 0.217. The molecule has 0 fully saturated rings. The molecule has 0 bridgehead atoms. The summed E-state index contributed by atoms with van der Waals surface area (Å²) >= 11 is 12.1. The molecule has 3 rings (SSSR count). The van der Waals surface area contributed by atoms with Gasteiger partial charge in [-0.3, -0.25) is 0 Å². The van der Waals surface area contributed by atoms with Gasteiger partial charge < -0.3 is 14.8 Å². The average molecular weight is 416 g/mol. The van der Waals surface area contributed by atoms with E-state index in [1.165, 1.54) is 11.1 Å². The maximum Gasteiger partial charge on any atom is 0.161 e. The maximum absolute atomic E-state index is 6.21. The molecule has 0 atom stereocenters.